The number of aryl methyl sites for hydroxylation is 8. The number of carboxylic acids is 1. The van der Waals surface area contributed by atoms with Crippen molar-refractivity contribution in [3.63, 3.8) is 0 Å². The van der Waals surface area contributed by atoms with E-state index in [1.807, 2.05) is 92.9 Å². The highest BCUT2D eigenvalue weighted by Crippen LogP contribution is 2.42. The summed E-state index contributed by atoms with van der Waals surface area (Å²) in [4.78, 5) is 77.4. The zero-order valence-electron chi connectivity index (χ0n) is 77.6. The second kappa shape index (κ2) is 46.2. The summed E-state index contributed by atoms with van der Waals surface area (Å²) >= 11 is 2.00. The Bertz CT molecular complexity index is 7140. The van der Waals surface area contributed by atoms with Crippen LogP contribution in [0, 0.1) is 71.7 Å². The fraction of sp³-hybridized carbons (Fsp3) is 0.202. The number of anilines is 8. The van der Waals surface area contributed by atoms with Crippen LogP contribution >= 0.6 is 25.1 Å². The molecule has 0 bridgehead atoms. The Morgan fingerprint density at radius 1 is 0.504 bits per heavy atom. The Balaban J connectivity index is 0.000000140. The molecule has 702 valence electrons. The fourth-order valence-electron chi connectivity index (χ4n) is 14.5. The van der Waals surface area contributed by atoms with Crippen molar-refractivity contribution in [3.05, 3.63) is 352 Å². The third kappa shape index (κ3) is 26.8. The summed E-state index contributed by atoms with van der Waals surface area (Å²) < 4.78 is 114. The largest absolute Gasteiger partial charge is 0.573 e. The maximum Gasteiger partial charge on any atom is 0.573 e. The number of ether oxygens (including phenoxy) is 1. The van der Waals surface area contributed by atoms with Crippen molar-refractivity contribution in [2.45, 2.75) is 112 Å². The van der Waals surface area contributed by atoms with Crippen LogP contribution in [0.2, 0.25) is 0 Å². The normalized spacial score (nSPS) is 12.5. The molecule has 1 fully saturated rings. The van der Waals surface area contributed by atoms with Gasteiger partial charge in [0.1, 0.15) is 74.0 Å². The summed E-state index contributed by atoms with van der Waals surface area (Å²) in [6.45, 7) is 13.3. The molecule has 9 heterocycles. The molecule has 0 radical (unpaired) electrons. The summed E-state index contributed by atoms with van der Waals surface area (Å²) in [5.74, 6) is 0.911. The van der Waals surface area contributed by atoms with Crippen molar-refractivity contribution < 1.29 is 55.0 Å². The number of aromatic nitrogens is 18. The van der Waals surface area contributed by atoms with Gasteiger partial charge in [0.25, 0.3) is 29.0 Å². The van der Waals surface area contributed by atoms with Gasteiger partial charge in [0, 0.05) is 83.0 Å². The van der Waals surface area contributed by atoms with Crippen LogP contribution in [0.25, 0.3) is 45.3 Å². The van der Waals surface area contributed by atoms with Crippen molar-refractivity contribution >= 4 is 123 Å². The van der Waals surface area contributed by atoms with E-state index in [9.17, 15) is 50.2 Å². The Morgan fingerprint density at radius 3 is 1.61 bits per heavy atom. The number of aromatic carboxylic acids is 1. The van der Waals surface area contributed by atoms with Crippen LogP contribution < -0.4 is 36.6 Å². The van der Waals surface area contributed by atoms with Gasteiger partial charge in [-0.05, 0) is 240 Å². The molecule has 7 N–H and O–H groups in total. The van der Waals surface area contributed by atoms with Gasteiger partial charge in [0.15, 0.2) is 5.82 Å². The molecule has 9 aromatic carbocycles. The molecule has 2 aliphatic rings. The molecule has 0 saturated heterocycles. The van der Waals surface area contributed by atoms with E-state index in [-0.39, 0.29) is 59.1 Å². The molecule has 0 unspecified atom stereocenters. The highest BCUT2D eigenvalue weighted by Gasteiger charge is 2.32. The fourth-order valence-corrected chi connectivity index (χ4v) is 14.5. The Kier molecular flexibility index (Phi) is 32.3. The van der Waals surface area contributed by atoms with Crippen LogP contribution in [0.4, 0.5) is 76.6 Å². The number of hydrogen-bond donors (Lipinski definition) is 9. The molecule has 29 nitrogen and oxygen atoms in total. The molecule has 18 aromatic rings. The van der Waals surface area contributed by atoms with Crippen LogP contribution in [0.15, 0.2) is 250 Å². The molecule has 0 spiro atoms. The smallest absolute Gasteiger partial charge is 0.478 e. The molecule has 0 aliphatic heterocycles. The summed E-state index contributed by atoms with van der Waals surface area (Å²) in [5.41, 5.74) is 15.0. The van der Waals surface area contributed by atoms with E-state index < -0.39 is 35.6 Å². The predicted molar refractivity (Wildman–Crippen MR) is 518 cm³/mol. The number of rotatable bonds is 19. The minimum Gasteiger partial charge on any atom is -0.478 e. The van der Waals surface area contributed by atoms with E-state index in [0.29, 0.717) is 63.0 Å². The van der Waals surface area contributed by atoms with Gasteiger partial charge in [-0.25, -0.2) is 56.8 Å². The van der Waals surface area contributed by atoms with Crippen LogP contribution in [0.1, 0.15) is 132 Å². The number of hydrogen-bond acceptors (Lipinski definition) is 24. The zero-order chi connectivity index (χ0) is 98.8. The molecule has 137 heavy (non-hydrogen) atoms. The van der Waals surface area contributed by atoms with Crippen molar-refractivity contribution in [1.29, 1.82) is 2.25 Å². The van der Waals surface area contributed by atoms with Gasteiger partial charge in [-0.2, -0.15) is 78.9 Å². The number of halogens is 7. The lowest BCUT2D eigenvalue weighted by Gasteiger charge is -2.26. The first-order valence-corrected chi connectivity index (χ1v) is 44.6. The van der Waals surface area contributed by atoms with Crippen LogP contribution in [-0.2, 0) is 17.6 Å². The molecule has 1 atom stereocenters. The van der Waals surface area contributed by atoms with Gasteiger partial charge < -0.3 is 41.7 Å². The number of nitrogens with zero attached hydrogens (tertiary/aromatic N) is 18. The summed E-state index contributed by atoms with van der Waals surface area (Å²) in [5, 5.41) is 46.8. The van der Waals surface area contributed by atoms with Crippen LogP contribution in [0.5, 0.6) is 5.75 Å². The number of carbonyl (C=O) groups is 3. The predicted octanol–water partition coefficient (Wildman–Crippen LogP) is 20.6. The highest BCUT2D eigenvalue weighted by atomic mass is 32.1. The Morgan fingerprint density at radius 2 is 1.04 bits per heavy atom. The Hall–Kier alpha value is -15.9. The van der Waals surface area contributed by atoms with E-state index in [4.69, 9.17) is 2.25 Å². The van der Waals surface area contributed by atoms with Gasteiger partial charge in [-0.1, -0.05) is 103 Å². The van der Waals surface area contributed by atoms with E-state index >= 15 is 0 Å². The number of carboxylic acid groups (broad SMARTS) is 1. The van der Waals surface area contributed by atoms with E-state index in [2.05, 4.69) is 181 Å². The number of fused-ring (bicyclic) bond motifs is 6. The van der Waals surface area contributed by atoms with Crippen molar-refractivity contribution in [2.24, 2.45) is 0 Å². The number of alkyl halides is 3. The van der Waals surface area contributed by atoms with Gasteiger partial charge in [-0.15, -0.1) is 13.2 Å². The van der Waals surface area contributed by atoms with E-state index in [0.717, 1.165) is 150 Å². The molecule has 2 amide bonds. The number of nitrogens with one attached hydrogen (secondary N) is 6. The van der Waals surface area contributed by atoms with Crippen LogP contribution in [0.3, 0.4) is 0 Å². The quantitative estimate of drug-likeness (QED) is 0.0268. The second-order valence-electron chi connectivity index (χ2n) is 31.3. The topological polar surface area (TPSA) is 351 Å². The number of carbonyl (C=O) groups excluding carboxylic acids is 2. The lowest BCUT2D eigenvalue weighted by Crippen LogP contribution is -2.34. The highest BCUT2D eigenvalue weighted by molar-refractivity contribution is 7.79. The molecular weight excluding hydrogens is 1800 g/mol. The lowest BCUT2D eigenvalue weighted by atomic mass is 9.88. The summed E-state index contributed by atoms with van der Waals surface area (Å²) in [6.07, 6.45) is 13.2. The average molecular weight is 1900 g/mol. The first-order valence-electron chi connectivity index (χ1n) is 43.7. The zero-order valence-corrected chi connectivity index (χ0v) is 77.2. The average Bonchev–Trinajstić information content (AvgIpc) is 1.73. The number of amides is 2. The third-order valence-electron chi connectivity index (χ3n) is 21.1. The summed E-state index contributed by atoms with van der Waals surface area (Å²) in [6, 6.07) is 62.1. The van der Waals surface area contributed by atoms with Crippen molar-refractivity contribution in [2.75, 3.05) is 40.3 Å². The standard InChI is InChI=1S/C21H21F3N2O3.C20H15F2N3O2.C17H14N4.2C13H12FN5.C13H13N5.2CH4S/c22-21(23,24)29-16-10-8-15(9-11-16)20(28)25-13-12-19(27)26-18-7-3-5-14-4-1-2-6-17(14)18;21-15-2-1-3-16(22)18(15)19-23-9-13(10-24-19)25-17-7-6-12(11-4-5-11)8-14(17)20(26)27;1-12-8-16(21-17(20-12)18-11-19-21)10-13-6-7-14-4-2-3-5-15(14)9-13;1-8-5-10(3-4-11(8)14)18-12-6-9(2)17-13-15-7-16-19(12)13;1-8-3-4-10(6-11(8)14)18-12-5-9(2)17-13-15-7-16-19(12)13;1-9-3-5-11(6-4-9)17-12-7-10(2)16-13-14-8-15-18(12)13;2*1-2/h1-2,4,6,8-11,18H,3,5,7,12-13H2,(H,25,28)(H,26,27);1-3,6-11,25H,4-5H2,(H,26,27);2-9,11H,10H2,1H3;2*3-7,18H,1-2H3;3-8,17H,1-2H3;2*2H,1H3/t18-;;;;;;;/m1......./s1/i/hD2. The van der Waals surface area contributed by atoms with Crippen molar-refractivity contribution in [1.82, 2.24) is 98.9 Å². The first-order chi connectivity index (χ1) is 66.9. The molecule has 9 aromatic heterocycles. The van der Waals surface area contributed by atoms with Gasteiger partial charge in [0.2, 0.25) is 5.91 Å². The molecule has 2 aliphatic carbocycles. The van der Waals surface area contributed by atoms with Gasteiger partial charge >= 0.3 is 12.3 Å². The van der Waals surface area contributed by atoms with Gasteiger partial charge in [-0.3, -0.25) is 9.59 Å². The lowest BCUT2D eigenvalue weighted by molar-refractivity contribution is -0.274. The monoisotopic (exact) mass is 1900 g/mol. The Labute approximate surface area is 795 Å². The van der Waals surface area contributed by atoms with Crippen LogP contribution in [-0.4, -0.2) is 139 Å². The molecule has 20 rings (SSSR count). The molecular formula is C99H95F7N24O5S2. The number of thiol groups is 2. The van der Waals surface area contributed by atoms with E-state index in [1.165, 1.54) is 89.2 Å². The minimum atomic E-state index is -4.78. The third-order valence-corrected chi connectivity index (χ3v) is 21.1. The second-order valence-corrected chi connectivity index (χ2v) is 31.3. The maximum absolute atomic E-state index is 13.8. The SMILES string of the molecule is Cc1cc(Cc2ccc3ccccc3c2)n2ncnc2n1.Cc1cc(Nc2ccc(C)c(F)c2)n2ncnc2n1.Cc1cc(Nc2ccc(F)c(C)c2)n2ncnc2n1.Cc1ccc(Nc2cc(C)nc3ncnn23)cc1.O=C(CCNC(=O)c1ccc(OC(F)(F)F)cc1)N[C@@H]1CCCc2ccccc21.O=C(O)c1cc(C2CC2)ccc1Nc1cnc(-c2c(F)cccc2F)nc1.[2H]SC.[2H]SC. The molecule has 1 saturated carbocycles. The first kappa shape index (κ1) is 95.7. The minimum absolute atomic E-state index is 0.0238. The van der Waals surface area contributed by atoms with Gasteiger partial charge in [0.05, 0.1) is 46.6 Å². The van der Waals surface area contributed by atoms with Crippen molar-refractivity contribution in [3.8, 4) is 17.1 Å². The van der Waals surface area contributed by atoms with E-state index in [1.54, 1.807) is 76.6 Å². The summed E-state index contributed by atoms with van der Waals surface area (Å²) in [7, 11) is 0. The molecule has 38 heteroatoms. The number of benzene rings is 9. The maximum atomic E-state index is 13.8.